The second-order valence-corrected chi connectivity index (χ2v) is 4.31. The minimum atomic E-state index is -0.140. The average Bonchev–Trinajstić information content (AvgIpc) is 2.80. The molecule has 0 saturated carbocycles. The van der Waals surface area contributed by atoms with E-state index >= 15 is 0 Å². The van der Waals surface area contributed by atoms with Gasteiger partial charge in [-0.25, -0.2) is 4.98 Å². The molecule has 2 aromatic heterocycles. The second kappa shape index (κ2) is 5.64. The molecule has 0 fully saturated rings. The first-order chi connectivity index (χ1) is 8.72. The van der Waals surface area contributed by atoms with Crippen LogP contribution < -0.4 is 5.32 Å². The van der Waals surface area contributed by atoms with Gasteiger partial charge in [-0.15, -0.1) is 0 Å². The van der Waals surface area contributed by atoms with Crippen molar-refractivity contribution in [2.45, 2.75) is 25.8 Å². The molecule has 1 amide bonds. The summed E-state index contributed by atoms with van der Waals surface area (Å²) >= 11 is 0. The summed E-state index contributed by atoms with van der Waals surface area (Å²) in [6.45, 7) is 2.08. The number of nitrogens with zero attached hydrogens (tertiary/aromatic N) is 2. The van der Waals surface area contributed by atoms with Crippen molar-refractivity contribution in [3.63, 3.8) is 0 Å². The largest absolute Gasteiger partial charge is 0.396 e. The Morgan fingerprint density at radius 1 is 1.56 bits per heavy atom. The van der Waals surface area contributed by atoms with Gasteiger partial charge in [-0.05, 0) is 31.9 Å². The fourth-order valence-corrected chi connectivity index (χ4v) is 1.87. The maximum Gasteiger partial charge on any atom is 0.270 e. The molecule has 96 valence electrons. The van der Waals surface area contributed by atoms with E-state index in [0.29, 0.717) is 12.1 Å². The number of aliphatic hydroxyl groups excluding tert-OH is 1. The van der Waals surface area contributed by atoms with Crippen LogP contribution in [0.5, 0.6) is 0 Å². The third-order valence-electron chi connectivity index (χ3n) is 2.82. The number of hydrogen-bond donors (Lipinski definition) is 2. The van der Waals surface area contributed by atoms with E-state index in [-0.39, 0.29) is 18.6 Å². The van der Waals surface area contributed by atoms with Crippen LogP contribution in [0, 0.1) is 0 Å². The summed E-state index contributed by atoms with van der Waals surface area (Å²) in [7, 11) is 0. The Morgan fingerprint density at radius 3 is 3.17 bits per heavy atom. The maximum absolute atomic E-state index is 12.1. The van der Waals surface area contributed by atoms with E-state index in [1.165, 1.54) is 0 Å². The molecule has 0 saturated heterocycles. The van der Waals surface area contributed by atoms with Gasteiger partial charge in [-0.1, -0.05) is 6.07 Å². The lowest BCUT2D eigenvalue weighted by Crippen LogP contribution is -2.33. The molecule has 2 rings (SSSR count). The summed E-state index contributed by atoms with van der Waals surface area (Å²) in [5.74, 6) is -0.140. The van der Waals surface area contributed by atoms with Crippen molar-refractivity contribution in [2.24, 2.45) is 0 Å². The van der Waals surface area contributed by atoms with Gasteiger partial charge in [0.15, 0.2) is 0 Å². The normalized spacial score (nSPS) is 12.6. The molecule has 18 heavy (non-hydrogen) atoms. The topological polar surface area (TPSA) is 66.6 Å². The maximum atomic E-state index is 12.1. The van der Waals surface area contributed by atoms with Gasteiger partial charge in [-0.2, -0.15) is 0 Å². The molecule has 0 aliphatic rings. The van der Waals surface area contributed by atoms with Crippen molar-refractivity contribution >= 4 is 11.6 Å². The van der Waals surface area contributed by atoms with Gasteiger partial charge in [0.2, 0.25) is 0 Å². The molecule has 1 atom stereocenters. The van der Waals surface area contributed by atoms with Crippen LogP contribution in [0.3, 0.4) is 0 Å². The summed E-state index contributed by atoms with van der Waals surface area (Å²) in [5.41, 5.74) is 1.28. The molecule has 1 unspecified atom stereocenters. The first-order valence-corrected chi connectivity index (χ1v) is 6.06. The van der Waals surface area contributed by atoms with Crippen molar-refractivity contribution < 1.29 is 9.90 Å². The summed E-state index contributed by atoms with van der Waals surface area (Å²) in [4.78, 5) is 16.2. The molecule has 0 spiro atoms. The Labute approximate surface area is 105 Å². The molecule has 2 aromatic rings. The highest BCUT2D eigenvalue weighted by Gasteiger charge is 2.13. The number of carbonyl (C=O) groups excluding carboxylic acids is 1. The van der Waals surface area contributed by atoms with Crippen LogP contribution in [-0.2, 0) is 0 Å². The van der Waals surface area contributed by atoms with Gasteiger partial charge in [0.1, 0.15) is 11.3 Å². The predicted molar refractivity (Wildman–Crippen MR) is 68.4 cm³/mol. The van der Waals surface area contributed by atoms with Crippen LogP contribution in [0.4, 0.5) is 0 Å². The minimum absolute atomic E-state index is 0.0407. The number of pyridine rings is 1. The van der Waals surface area contributed by atoms with Crippen molar-refractivity contribution in [3.8, 4) is 0 Å². The van der Waals surface area contributed by atoms with Crippen LogP contribution >= 0.6 is 0 Å². The fourth-order valence-electron chi connectivity index (χ4n) is 1.87. The highest BCUT2D eigenvalue weighted by molar-refractivity contribution is 5.93. The molecule has 5 nitrogen and oxygen atoms in total. The first kappa shape index (κ1) is 12.6. The average molecular weight is 247 g/mol. The summed E-state index contributed by atoms with van der Waals surface area (Å²) in [6, 6.07) is 5.64. The van der Waals surface area contributed by atoms with E-state index in [9.17, 15) is 4.79 Å². The Hall–Kier alpha value is -1.88. The third kappa shape index (κ3) is 2.68. The number of aliphatic hydroxyl groups is 1. The molecular weight excluding hydrogens is 230 g/mol. The molecule has 0 bridgehead atoms. The summed E-state index contributed by atoms with van der Waals surface area (Å²) in [6.07, 6.45) is 4.84. The smallest absolute Gasteiger partial charge is 0.270 e. The van der Waals surface area contributed by atoms with Crippen LogP contribution in [-0.4, -0.2) is 33.0 Å². The van der Waals surface area contributed by atoms with Gasteiger partial charge < -0.3 is 10.4 Å². The number of nitrogens with one attached hydrogen (secondary N) is 1. The Morgan fingerprint density at radius 2 is 2.39 bits per heavy atom. The lowest BCUT2D eigenvalue weighted by molar-refractivity contribution is 0.0930. The third-order valence-corrected chi connectivity index (χ3v) is 2.82. The standard InChI is InChI=1S/C13H17N3O2/c1-10(5-4-8-17)15-13(18)11-9-14-12-6-2-3-7-16(11)12/h2-3,6-7,9-10,17H,4-5,8H2,1H3,(H,15,18). The zero-order chi connectivity index (χ0) is 13.0. The Bertz CT molecular complexity index is 536. The number of carbonyl (C=O) groups is 1. The number of hydrogen-bond acceptors (Lipinski definition) is 3. The van der Waals surface area contributed by atoms with E-state index in [4.69, 9.17) is 5.11 Å². The van der Waals surface area contributed by atoms with Crippen LogP contribution in [0.25, 0.3) is 5.65 Å². The number of amides is 1. The lowest BCUT2D eigenvalue weighted by atomic mass is 10.2. The van der Waals surface area contributed by atoms with Gasteiger partial charge in [0.05, 0.1) is 6.20 Å². The summed E-state index contributed by atoms with van der Waals surface area (Å²) < 4.78 is 1.76. The van der Waals surface area contributed by atoms with Gasteiger partial charge in [0.25, 0.3) is 5.91 Å². The Kier molecular flexibility index (Phi) is 3.94. The van der Waals surface area contributed by atoms with E-state index in [0.717, 1.165) is 12.1 Å². The highest BCUT2D eigenvalue weighted by atomic mass is 16.3. The van der Waals surface area contributed by atoms with Crippen LogP contribution in [0.15, 0.2) is 30.6 Å². The second-order valence-electron chi connectivity index (χ2n) is 4.31. The zero-order valence-corrected chi connectivity index (χ0v) is 10.3. The fraction of sp³-hybridized carbons (Fsp3) is 0.385. The van der Waals surface area contributed by atoms with Crippen molar-refractivity contribution in [2.75, 3.05) is 6.61 Å². The van der Waals surface area contributed by atoms with Crippen molar-refractivity contribution in [3.05, 3.63) is 36.3 Å². The monoisotopic (exact) mass is 247 g/mol. The number of rotatable bonds is 5. The van der Waals surface area contributed by atoms with E-state index in [1.54, 1.807) is 10.6 Å². The van der Waals surface area contributed by atoms with Gasteiger partial charge >= 0.3 is 0 Å². The zero-order valence-electron chi connectivity index (χ0n) is 10.3. The van der Waals surface area contributed by atoms with Crippen molar-refractivity contribution in [1.82, 2.24) is 14.7 Å². The highest BCUT2D eigenvalue weighted by Crippen LogP contribution is 2.06. The quantitative estimate of drug-likeness (QED) is 0.835. The minimum Gasteiger partial charge on any atom is -0.396 e. The van der Waals surface area contributed by atoms with Gasteiger partial charge in [-0.3, -0.25) is 9.20 Å². The van der Waals surface area contributed by atoms with Gasteiger partial charge in [0, 0.05) is 18.8 Å². The first-order valence-electron chi connectivity index (χ1n) is 6.06. The summed E-state index contributed by atoms with van der Waals surface area (Å²) in [5, 5.41) is 11.6. The molecular formula is C13H17N3O2. The molecule has 2 heterocycles. The van der Waals surface area contributed by atoms with E-state index in [1.807, 2.05) is 31.3 Å². The van der Waals surface area contributed by atoms with E-state index in [2.05, 4.69) is 10.3 Å². The van der Waals surface area contributed by atoms with Crippen LogP contribution in [0.1, 0.15) is 30.3 Å². The predicted octanol–water partition coefficient (Wildman–Crippen LogP) is 1.23. The lowest BCUT2D eigenvalue weighted by Gasteiger charge is -2.12. The van der Waals surface area contributed by atoms with Crippen LogP contribution in [0.2, 0.25) is 0 Å². The number of imidazole rings is 1. The molecule has 0 aromatic carbocycles. The van der Waals surface area contributed by atoms with Crippen molar-refractivity contribution in [1.29, 1.82) is 0 Å². The molecule has 5 heteroatoms. The molecule has 0 aliphatic heterocycles. The Balaban J connectivity index is 2.09. The molecule has 0 radical (unpaired) electrons. The SMILES string of the molecule is CC(CCCO)NC(=O)c1cnc2ccccn12. The number of aromatic nitrogens is 2. The molecule has 0 aliphatic carbocycles. The van der Waals surface area contributed by atoms with E-state index < -0.39 is 0 Å². The molecule has 2 N–H and O–H groups in total. The number of fused-ring (bicyclic) bond motifs is 1.